The number of nitrogens with one attached hydrogen (secondary N) is 1. The van der Waals surface area contributed by atoms with Gasteiger partial charge in [-0.05, 0) is 18.6 Å². The predicted octanol–water partition coefficient (Wildman–Crippen LogP) is 0.555. The molecule has 1 unspecified atom stereocenters. The number of nitrogens with zero attached hydrogens (tertiary/aromatic N) is 2. The van der Waals surface area contributed by atoms with Crippen molar-refractivity contribution < 1.29 is 9.90 Å². The van der Waals surface area contributed by atoms with Crippen LogP contribution in [0.3, 0.4) is 0 Å². The summed E-state index contributed by atoms with van der Waals surface area (Å²) in [7, 11) is 0. The molecule has 2 aromatic rings. The van der Waals surface area contributed by atoms with Gasteiger partial charge in [0.1, 0.15) is 5.54 Å². The van der Waals surface area contributed by atoms with Crippen LogP contribution in [-0.2, 0) is 4.79 Å². The summed E-state index contributed by atoms with van der Waals surface area (Å²) in [4.78, 5) is 20.6. The summed E-state index contributed by atoms with van der Waals surface area (Å²) in [5, 5.41) is 9.09. The van der Waals surface area contributed by atoms with Crippen molar-refractivity contribution >= 4 is 23.0 Å². The third kappa shape index (κ3) is 1.62. The molecule has 1 aliphatic heterocycles. The molecule has 0 saturated carbocycles. The number of aliphatic carboxylic acids is 1. The third-order valence-electron chi connectivity index (χ3n) is 3.40. The van der Waals surface area contributed by atoms with Gasteiger partial charge in [0, 0.05) is 13.1 Å². The third-order valence-corrected chi connectivity index (χ3v) is 3.40. The van der Waals surface area contributed by atoms with Crippen molar-refractivity contribution in [3.8, 4) is 0 Å². The standard InChI is InChI=1S/C12H14N4O2/c13-12(10(17)18)5-6-16(7-12)11-14-8-3-1-2-4-9(8)15-11/h1-4H,5-7,13H2,(H,14,15)(H,17,18). The summed E-state index contributed by atoms with van der Waals surface area (Å²) in [5.74, 6) is -0.272. The molecule has 1 aromatic heterocycles. The van der Waals surface area contributed by atoms with Crippen molar-refractivity contribution in [3.63, 3.8) is 0 Å². The molecule has 1 atom stereocenters. The van der Waals surface area contributed by atoms with Crippen LogP contribution < -0.4 is 10.6 Å². The average molecular weight is 246 g/mol. The number of fused-ring (bicyclic) bond motifs is 1. The summed E-state index contributed by atoms with van der Waals surface area (Å²) >= 11 is 0. The van der Waals surface area contributed by atoms with Crippen LogP contribution >= 0.6 is 0 Å². The second kappa shape index (κ2) is 3.71. The van der Waals surface area contributed by atoms with Crippen LogP contribution in [0.15, 0.2) is 24.3 Å². The summed E-state index contributed by atoms with van der Waals surface area (Å²) in [5.41, 5.74) is 6.49. The number of benzene rings is 1. The molecule has 2 heterocycles. The number of nitrogens with two attached hydrogens (primary N) is 1. The number of para-hydroxylation sites is 2. The monoisotopic (exact) mass is 246 g/mol. The Hall–Kier alpha value is -2.08. The quantitative estimate of drug-likeness (QED) is 0.719. The normalized spacial score (nSPS) is 23.7. The van der Waals surface area contributed by atoms with Gasteiger partial charge in [-0.2, -0.15) is 0 Å². The van der Waals surface area contributed by atoms with Gasteiger partial charge < -0.3 is 20.7 Å². The largest absolute Gasteiger partial charge is 0.480 e. The number of carbonyl (C=O) groups is 1. The number of carboxylic acids is 1. The van der Waals surface area contributed by atoms with E-state index in [1.807, 2.05) is 29.2 Å². The number of hydrogen-bond acceptors (Lipinski definition) is 4. The smallest absolute Gasteiger partial charge is 0.325 e. The van der Waals surface area contributed by atoms with Gasteiger partial charge in [-0.25, -0.2) is 4.98 Å². The van der Waals surface area contributed by atoms with E-state index >= 15 is 0 Å². The van der Waals surface area contributed by atoms with Crippen molar-refractivity contribution in [2.45, 2.75) is 12.0 Å². The van der Waals surface area contributed by atoms with E-state index in [1.54, 1.807) is 0 Å². The van der Waals surface area contributed by atoms with Gasteiger partial charge in [-0.15, -0.1) is 0 Å². The van der Waals surface area contributed by atoms with Gasteiger partial charge in [0.2, 0.25) is 5.95 Å². The molecule has 0 radical (unpaired) electrons. The first kappa shape index (κ1) is 11.0. The predicted molar refractivity (Wildman–Crippen MR) is 67.5 cm³/mol. The second-order valence-corrected chi connectivity index (χ2v) is 4.71. The fourth-order valence-electron chi connectivity index (χ4n) is 2.28. The van der Waals surface area contributed by atoms with Gasteiger partial charge >= 0.3 is 5.97 Å². The highest BCUT2D eigenvalue weighted by molar-refractivity contribution is 5.81. The number of H-pyrrole nitrogens is 1. The molecule has 6 heteroatoms. The number of anilines is 1. The van der Waals surface area contributed by atoms with Crippen LogP contribution in [0.1, 0.15) is 6.42 Å². The molecule has 3 rings (SSSR count). The van der Waals surface area contributed by atoms with Crippen LogP contribution in [-0.4, -0.2) is 39.7 Å². The molecular weight excluding hydrogens is 232 g/mol. The lowest BCUT2D eigenvalue weighted by atomic mass is 10.0. The van der Waals surface area contributed by atoms with Crippen molar-refractivity contribution in [2.75, 3.05) is 18.0 Å². The molecule has 1 saturated heterocycles. The molecule has 1 aromatic carbocycles. The molecule has 18 heavy (non-hydrogen) atoms. The summed E-state index contributed by atoms with van der Waals surface area (Å²) in [6.45, 7) is 0.880. The zero-order chi connectivity index (χ0) is 12.8. The Morgan fingerprint density at radius 3 is 2.94 bits per heavy atom. The maximum Gasteiger partial charge on any atom is 0.325 e. The van der Waals surface area contributed by atoms with E-state index in [0.29, 0.717) is 18.9 Å². The Balaban J connectivity index is 1.90. The van der Waals surface area contributed by atoms with Crippen LogP contribution in [0, 0.1) is 0 Å². The molecule has 0 bridgehead atoms. The highest BCUT2D eigenvalue weighted by atomic mass is 16.4. The van der Waals surface area contributed by atoms with E-state index in [9.17, 15) is 4.79 Å². The highest BCUT2D eigenvalue weighted by Crippen LogP contribution is 2.25. The van der Waals surface area contributed by atoms with Crippen molar-refractivity contribution in [1.29, 1.82) is 0 Å². The number of imidazole rings is 1. The minimum Gasteiger partial charge on any atom is -0.480 e. The Morgan fingerprint density at radius 1 is 1.50 bits per heavy atom. The van der Waals surface area contributed by atoms with Gasteiger partial charge in [-0.3, -0.25) is 4.79 Å². The summed E-state index contributed by atoms with van der Waals surface area (Å²) < 4.78 is 0. The van der Waals surface area contributed by atoms with Crippen LogP contribution in [0.5, 0.6) is 0 Å². The number of aromatic nitrogens is 2. The lowest BCUT2D eigenvalue weighted by molar-refractivity contribution is -0.142. The maximum absolute atomic E-state index is 11.1. The molecule has 0 aliphatic carbocycles. The number of carboxylic acid groups (broad SMARTS) is 1. The van der Waals surface area contributed by atoms with Gasteiger partial charge in [0.15, 0.2) is 0 Å². The van der Waals surface area contributed by atoms with E-state index in [1.165, 1.54) is 0 Å². The Bertz CT molecular complexity index is 576. The minimum absolute atomic E-state index is 0.280. The van der Waals surface area contributed by atoms with E-state index in [0.717, 1.165) is 11.0 Å². The van der Waals surface area contributed by atoms with Crippen LogP contribution in [0.2, 0.25) is 0 Å². The van der Waals surface area contributed by atoms with Crippen molar-refractivity contribution in [1.82, 2.24) is 9.97 Å². The maximum atomic E-state index is 11.1. The molecule has 1 aliphatic rings. The molecule has 0 spiro atoms. The number of rotatable bonds is 2. The van der Waals surface area contributed by atoms with E-state index < -0.39 is 11.5 Å². The van der Waals surface area contributed by atoms with Crippen LogP contribution in [0.25, 0.3) is 11.0 Å². The number of hydrogen-bond donors (Lipinski definition) is 3. The molecular formula is C12H14N4O2. The summed E-state index contributed by atoms with van der Waals surface area (Å²) in [6.07, 6.45) is 0.430. The van der Waals surface area contributed by atoms with Crippen LogP contribution in [0.4, 0.5) is 5.95 Å². The highest BCUT2D eigenvalue weighted by Gasteiger charge is 2.42. The first-order chi connectivity index (χ1) is 8.58. The van der Waals surface area contributed by atoms with Crippen molar-refractivity contribution in [3.05, 3.63) is 24.3 Å². The average Bonchev–Trinajstić information content (AvgIpc) is 2.92. The lowest BCUT2D eigenvalue weighted by Crippen LogP contribution is -2.50. The fourth-order valence-corrected chi connectivity index (χ4v) is 2.28. The molecule has 4 N–H and O–H groups in total. The Morgan fingerprint density at radius 2 is 2.28 bits per heavy atom. The molecule has 6 nitrogen and oxygen atoms in total. The minimum atomic E-state index is -1.17. The van der Waals surface area contributed by atoms with E-state index in [4.69, 9.17) is 10.8 Å². The first-order valence-electron chi connectivity index (χ1n) is 5.80. The Kier molecular flexibility index (Phi) is 2.27. The molecule has 0 amide bonds. The summed E-state index contributed by atoms with van der Waals surface area (Å²) in [6, 6.07) is 7.70. The Labute approximate surface area is 103 Å². The number of aromatic amines is 1. The van der Waals surface area contributed by atoms with Gasteiger partial charge in [-0.1, -0.05) is 12.1 Å². The zero-order valence-corrected chi connectivity index (χ0v) is 9.76. The zero-order valence-electron chi connectivity index (χ0n) is 9.76. The van der Waals surface area contributed by atoms with Crippen molar-refractivity contribution in [2.24, 2.45) is 5.73 Å². The fraction of sp³-hybridized carbons (Fsp3) is 0.333. The van der Waals surface area contributed by atoms with Gasteiger partial charge in [0.25, 0.3) is 0 Å². The lowest BCUT2D eigenvalue weighted by Gasteiger charge is -2.19. The SMILES string of the molecule is NC1(C(=O)O)CCN(c2nc3ccccc3[nH]2)C1. The topological polar surface area (TPSA) is 95.2 Å². The van der Waals surface area contributed by atoms with E-state index in [-0.39, 0.29) is 6.54 Å². The molecule has 94 valence electrons. The second-order valence-electron chi connectivity index (χ2n) is 4.71. The first-order valence-corrected chi connectivity index (χ1v) is 5.80. The molecule has 1 fully saturated rings. The van der Waals surface area contributed by atoms with E-state index in [2.05, 4.69) is 9.97 Å². The van der Waals surface area contributed by atoms with Gasteiger partial charge in [0.05, 0.1) is 11.0 Å².